The number of carbonyl (C=O) groups excluding carboxylic acids is 2. The van der Waals surface area contributed by atoms with Crippen LogP contribution in [0.15, 0.2) is 0 Å². The molecule has 1 atom stereocenters. The molecule has 0 rings (SSSR count). The molecule has 0 saturated carbocycles. The Labute approximate surface area is 211 Å². The standard InChI is InChI=1S/C22H43NO6S.Na/c1-2-3-4-5-6-7-8-9-10-11-12-13-14-15-16-17-18-29-22(25)20(19-21(23)24)30(26,27)28;/h20H,2-19H2,1H3,(H2,23,24)(H,26,27,28);/q;+1/p-1. The largest absolute Gasteiger partial charge is 1.00 e. The van der Waals surface area contributed by atoms with Crippen LogP contribution in [0.25, 0.3) is 0 Å². The topological polar surface area (TPSA) is 127 Å². The zero-order valence-electron chi connectivity index (χ0n) is 19.7. The van der Waals surface area contributed by atoms with E-state index in [4.69, 9.17) is 10.5 Å². The minimum Gasteiger partial charge on any atom is -0.747 e. The molecule has 2 N–H and O–H groups in total. The second-order valence-corrected chi connectivity index (χ2v) is 9.68. The molecule has 0 bridgehead atoms. The van der Waals surface area contributed by atoms with Crippen LogP contribution >= 0.6 is 0 Å². The van der Waals surface area contributed by atoms with Gasteiger partial charge in [0, 0.05) is 0 Å². The average Bonchev–Trinajstić information content (AvgIpc) is 2.67. The summed E-state index contributed by atoms with van der Waals surface area (Å²) in [5, 5.41) is -2.05. The Morgan fingerprint density at radius 1 is 0.774 bits per heavy atom. The maximum absolute atomic E-state index is 11.7. The van der Waals surface area contributed by atoms with Gasteiger partial charge in [-0.05, 0) is 6.42 Å². The molecule has 0 aliphatic rings. The van der Waals surface area contributed by atoms with E-state index in [0.29, 0.717) is 6.42 Å². The molecule has 178 valence electrons. The predicted molar refractivity (Wildman–Crippen MR) is 118 cm³/mol. The van der Waals surface area contributed by atoms with Crippen LogP contribution in [0.2, 0.25) is 0 Å². The molecular formula is C22H42NNaO6S. The number of carbonyl (C=O) groups is 2. The number of nitrogens with two attached hydrogens (primary N) is 1. The van der Waals surface area contributed by atoms with Crippen LogP contribution in [-0.2, 0) is 24.4 Å². The van der Waals surface area contributed by atoms with Crippen LogP contribution in [0.1, 0.15) is 116 Å². The number of hydrogen-bond donors (Lipinski definition) is 1. The Hall–Kier alpha value is -0.150. The van der Waals surface area contributed by atoms with E-state index in [1.165, 1.54) is 77.0 Å². The van der Waals surface area contributed by atoms with Gasteiger partial charge in [0.05, 0.1) is 13.0 Å². The first-order chi connectivity index (χ1) is 14.3. The first kappa shape index (κ1) is 33.0. The van der Waals surface area contributed by atoms with Crippen molar-refractivity contribution >= 4 is 22.0 Å². The van der Waals surface area contributed by atoms with Crippen molar-refractivity contribution in [3.63, 3.8) is 0 Å². The molecular weight excluding hydrogens is 429 g/mol. The average molecular weight is 472 g/mol. The predicted octanol–water partition coefficient (Wildman–Crippen LogP) is 1.58. The number of primary amides is 1. The Balaban J connectivity index is 0. The Bertz CT molecular complexity index is 556. The van der Waals surface area contributed by atoms with Gasteiger partial charge in [0.15, 0.2) is 5.25 Å². The molecule has 0 aromatic rings. The number of unbranched alkanes of at least 4 members (excludes halogenated alkanes) is 15. The van der Waals surface area contributed by atoms with Crippen molar-refractivity contribution in [1.29, 1.82) is 0 Å². The Morgan fingerprint density at radius 2 is 1.13 bits per heavy atom. The van der Waals surface area contributed by atoms with Crippen molar-refractivity contribution in [1.82, 2.24) is 0 Å². The fraction of sp³-hybridized carbons (Fsp3) is 0.909. The van der Waals surface area contributed by atoms with E-state index in [2.05, 4.69) is 6.92 Å². The summed E-state index contributed by atoms with van der Waals surface area (Å²) in [4.78, 5) is 22.5. The Morgan fingerprint density at radius 3 is 1.45 bits per heavy atom. The first-order valence-corrected chi connectivity index (χ1v) is 13.2. The molecule has 0 aliphatic carbocycles. The van der Waals surface area contributed by atoms with Gasteiger partial charge < -0.3 is 15.0 Å². The van der Waals surface area contributed by atoms with E-state index in [-0.39, 0.29) is 36.2 Å². The zero-order chi connectivity index (χ0) is 22.7. The van der Waals surface area contributed by atoms with Crippen LogP contribution in [0, 0.1) is 0 Å². The van der Waals surface area contributed by atoms with Crippen LogP contribution < -0.4 is 35.3 Å². The minimum atomic E-state index is -4.96. The number of amides is 1. The van der Waals surface area contributed by atoms with E-state index < -0.39 is 33.7 Å². The maximum atomic E-state index is 11.7. The summed E-state index contributed by atoms with van der Waals surface area (Å²) in [6, 6.07) is 0. The number of hydrogen-bond acceptors (Lipinski definition) is 6. The fourth-order valence-corrected chi connectivity index (χ4v) is 4.07. The van der Waals surface area contributed by atoms with Gasteiger partial charge in [-0.15, -0.1) is 0 Å². The molecule has 0 spiro atoms. The number of esters is 1. The second kappa shape index (κ2) is 21.7. The summed E-state index contributed by atoms with van der Waals surface area (Å²) in [7, 11) is -4.96. The van der Waals surface area contributed by atoms with E-state index in [1.54, 1.807) is 0 Å². The van der Waals surface area contributed by atoms with E-state index in [9.17, 15) is 22.6 Å². The first-order valence-electron chi connectivity index (χ1n) is 11.7. The van der Waals surface area contributed by atoms with Crippen molar-refractivity contribution < 1.29 is 56.9 Å². The molecule has 0 aliphatic heterocycles. The summed E-state index contributed by atoms with van der Waals surface area (Å²) in [6.45, 7) is 2.29. The van der Waals surface area contributed by atoms with Gasteiger partial charge in [-0.3, -0.25) is 9.59 Å². The fourth-order valence-electron chi connectivity index (χ4n) is 3.40. The van der Waals surface area contributed by atoms with Crippen molar-refractivity contribution in [3.05, 3.63) is 0 Å². The molecule has 0 aromatic heterocycles. The normalized spacial score (nSPS) is 12.2. The van der Waals surface area contributed by atoms with Crippen LogP contribution in [0.3, 0.4) is 0 Å². The summed E-state index contributed by atoms with van der Waals surface area (Å²) in [5.41, 5.74) is 4.87. The molecule has 1 amide bonds. The summed E-state index contributed by atoms with van der Waals surface area (Å²) in [5.74, 6) is -2.22. The molecule has 31 heavy (non-hydrogen) atoms. The summed E-state index contributed by atoms with van der Waals surface area (Å²) in [6.07, 6.45) is 18.8. The molecule has 1 unspecified atom stereocenters. The van der Waals surface area contributed by atoms with Gasteiger partial charge in [0.2, 0.25) is 5.91 Å². The van der Waals surface area contributed by atoms with Gasteiger partial charge >= 0.3 is 35.5 Å². The molecule has 0 aromatic carbocycles. The molecule has 0 heterocycles. The quantitative estimate of drug-likeness (QED) is 0.117. The third kappa shape index (κ3) is 21.5. The van der Waals surface area contributed by atoms with Crippen molar-refractivity contribution in [2.45, 2.75) is 121 Å². The van der Waals surface area contributed by atoms with Gasteiger partial charge in [-0.1, -0.05) is 103 Å². The third-order valence-corrected chi connectivity index (χ3v) is 6.30. The summed E-state index contributed by atoms with van der Waals surface area (Å²) >= 11 is 0. The minimum absolute atomic E-state index is 0. The van der Waals surface area contributed by atoms with E-state index >= 15 is 0 Å². The third-order valence-electron chi connectivity index (χ3n) is 5.24. The number of ether oxygens (including phenoxy) is 1. The van der Waals surface area contributed by atoms with Gasteiger partial charge in [-0.25, -0.2) is 8.42 Å². The van der Waals surface area contributed by atoms with Gasteiger partial charge in [-0.2, -0.15) is 0 Å². The Kier molecular flexibility index (Phi) is 23.1. The molecule has 0 radical (unpaired) electrons. The van der Waals surface area contributed by atoms with Crippen molar-refractivity contribution in [3.8, 4) is 0 Å². The van der Waals surface area contributed by atoms with Gasteiger partial charge in [0.25, 0.3) is 0 Å². The van der Waals surface area contributed by atoms with Gasteiger partial charge in [0.1, 0.15) is 10.1 Å². The number of rotatable bonds is 21. The SMILES string of the molecule is CCCCCCCCCCCCCCCCCCOC(=O)C(CC(N)=O)S(=O)(=O)[O-].[Na+]. The van der Waals surface area contributed by atoms with Crippen molar-refractivity contribution in [2.75, 3.05) is 6.61 Å². The monoisotopic (exact) mass is 471 g/mol. The van der Waals surface area contributed by atoms with E-state index in [1.807, 2.05) is 0 Å². The molecule has 0 fully saturated rings. The molecule has 9 heteroatoms. The van der Waals surface area contributed by atoms with E-state index in [0.717, 1.165) is 19.3 Å². The summed E-state index contributed by atoms with van der Waals surface area (Å²) < 4.78 is 37.9. The zero-order valence-corrected chi connectivity index (χ0v) is 22.6. The van der Waals surface area contributed by atoms with Crippen LogP contribution in [-0.4, -0.2) is 36.7 Å². The molecule has 0 saturated heterocycles. The molecule has 7 nitrogen and oxygen atoms in total. The maximum Gasteiger partial charge on any atom is 1.00 e. The van der Waals surface area contributed by atoms with Crippen molar-refractivity contribution in [2.24, 2.45) is 5.73 Å². The smallest absolute Gasteiger partial charge is 0.747 e. The van der Waals surface area contributed by atoms with Crippen LogP contribution in [0.4, 0.5) is 0 Å². The second-order valence-electron chi connectivity index (χ2n) is 8.12. The van der Waals surface area contributed by atoms with Crippen LogP contribution in [0.5, 0.6) is 0 Å².